The first kappa shape index (κ1) is 15.6. The topological polar surface area (TPSA) is 55.8 Å². The minimum absolute atomic E-state index is 0.262. The van der Waals surface area contributed by atoms with Gasteiger partial charge in [-0.3, -0.25) is 4.90 Å². The van der Waals surface area contributed by atoms with E-state index in [2.05, 4.69) is 11.8 Å². The Kier molecular flexibility index (Phi) is 5.21. The molecule has 22 heavy (non-hydrogen) atoms. The van der Waals surface area contributed by atoms with Crippen LogP contribution in [0.2, 0.25) is 0 Å². The molecule has 5 heteroatoms. The molecule has 1 heterocycles. The highest BCUT2D eigenvalue weighted by molar-refractivity contribution is 5.95. The second kappa shape index (κ2) is 7.32. The van der Waals surface area contributed by atoms with E-state index >= 15 is 0 Å². The summed E-state index contributed by atoms with van der Waals surface area (Å²) in [6, 6.07) is 6.86. The van der Waals surface area contributed by atoms with Crippen LogP contribution in [0.25, 0.3) is 6.08 Å². The molecule has 1 aliphatic rings. The first-order valence-electron chi connectivity index (χ1n) is 7.08. The van der Waals surface area contributed by atoms with Gasteiger partial charge in [0.15, 0.2) is 0 Å². The number of carbonyl (C=O) groups excluding carboxylic acids is 2. The molecule has 0 saturated heterocycles. The predicted molar refractivity (Wildman–Crippen MR) is 83.2 cm³/mol. The Morgan fingerprint density at radius 1 is 1.18 bits per heavy atom. The summed E-state index contributed by atoms with van der Waals surface area (Å²) in [6.07, 6.45) is 3.13. The van der Waals surface area contributed by atoms with Gasteiger partial charge in [-0.25, -0.2) is 9.59 Å². The molecule has 1 aromatic rings. The number of benzene rings is 1. The van der Waals surface area contributed by atoms with Crippen molar-refractivity contribution in [2.45, 2.75) is 19.9 Å². The van der Waals surface area contributed by atoms with Gasteiger partial charge in [0.2, 0.25) is 0 Å². The van der Waals surface area contributed by atoms with Gasteiger partial charge in [-0.2, -0.15) is 0 Å². The van der Waals surface area contributed by atoms with E-state index in [0.717, 1.165) is 5.56 Å². The van der Waals surface area contributed by atoms with E-state index in [4.69, 9.17) is 9.47 Å². The molecule has 1 aromatic carbocycles. The lowest BCUT2D eigenvalue weighted by Gasteiger charge is -2.29. The molecule has 0 aromatic heterocycles. The SMILES string of the molecule is CCOC(=O)C#CC1C=Cc2ccccc2N1C(=O)OCC. The lowest BCUT2D eigenvalue weighted by Crippen LogP contribution is -2.41. The molecule has 0 saturated carbocycles. The van der Waals surface area contributed by atoms with Crippen molar-refractivity contribution in [3.05, 3.63) is 35.9 Å². The fourth-order valence-corrected chi connectivity index (χ4v) is 2.10. The Hall–Kier alpha value is -2.74. The van der Waals surface area contributed by atoms with Crippen LogP contribution in [0.4, 0.5) is 10.5 Å². The van der Waals surface area contributed by atoms with E-state index in [1.165, 1.54) is 4.90 Å². The van der Waals surface area contributed by atoms with Gasteiger partial charge in [-0.1, -0.05) is 30.2 Å². The number of nitrogens with zero attached hydrogens (tertiary/aromatic N) is 1. The molecule has 0 N–H and O–H groups in total. The normalized spacial score (nSPS) is 15.4. The lowest BCUT2D eigenvalue weighted by atomic mass is 10.0. The second-order valence-electron chi connectivity index (χ2n) is 4.42. The van der Waals surface area contributed by atoms with Crippen LogP contribution < -0.4 is 4.90 Å². The summed E-state index contributed by atoms with van der Waals surface area (Å²) < 4.78 is 9.87. The summed E-state index contributed by atoms with van der Waals surface area (Å²) in [7, 11) is 0. The number of esters is 1. The first-order valence-corrected chi connectivity index (χ1v) is 7.08. The van der Waals surface area contributed by atoms with Gasteiger partial charge in [0, 0.05) is 5.92 Å². The molecule has 0 fully saturated rings. The van der Waals surface area contributed by atoms with Crippen molar-refractivity contribution in [2.75, 3.05) is 18.1 Å². The third-order valence-corrected chi connectivity index (χ3v) is 2.99. The van der Waals surface area contributed by atoms with E-state index in [9.17, 15) is 9.59 Å². The lowest BCUT2D eigenvalue weighted by molar-refractivity contribution is -0.136. The number of carbonyl (C=O) groups is 2. The molecule has 1 unspecified atom stereocenters. The largest absolute Gasteiger partial charge is 0.456 e. The van der Waals surface area contributed by atoms with Gasteiger partial charge in [0.05, 0.1) is 18.9 Å². The molecular weight excluding hydrogens is 282 g/mol. The smallest absolute Gasteiger partial charge is 0.415 e. The fourth-order valence-electron chi connectivity index (χ4n) is 2.10. The molecule has 2 rings (SSSR count). The van der Waals surface area contributed by atoms with Crippen molar-refractivity contribution in [1.82, 2.24) is 0 Å². The molecule has 0 aliphatic carbocycles. The third kappa shape index (κ3) is 3.47. The molecule has 1 aliphatic heterocycles. The number of para-hydroxylation sites is 1. The zero-order valence-corrected chi connectivity index (χ0v) is 12.5. The van der Waals surface area contributed by atoms with Crippen LogP contribution in [0.3, 0.4) is 0 Å². The van der Waals surface area contributed by atoms with Crippen LogP contribution >= 0.6 is 0 Å². The maximum absolute atomic E-state index is 12.2. The van der Waals surface area contributed by atoms with Crippen LogP contribution in [-0.4, -0.2) is 31.3 Å². The van der Waals surface area contributed by atoms with Gasteiger partial charge in [-0.15, -0.1) is 0 Å². The highest BCUT2D eigenvalue weighted by Crippen LogP contribution is 2.29. The van der Waals surface area contributed by atoms with E-state index in [-0.39, 0.29) is 13.2 Å². The highest BCUT2D eigenvalue weighted by atomic mass is 16.6. The number of rotatable bonds is 2. The van der Waals surface area contributed by atoms with Crippen molar-refractivity contribution >= 4 is 23.8 Å². The summed E-state index contributed by atoms with van der Waals surface area (Å²) in [5.41, 5.74) is 1.59. The van der Waals surface area contributed by atoms with Gasteiger partial charge in [-0.05, 0) is 31.6 Å². The van der Waals surface area contributed by atoms with Gasteiger partial charge >= 0.3 is 12.1 Å². The molecule has 0 bridgehead atoms. The number of amides is 1. The third-order valence-electron chi connectivity index (χ3n) is 2.99. The van der Waals surface area contributed by atoms with Crippen molar-refractivity contribution in [1.29, 1.82) is 0 Å². The van der Waals surface area contributed by atoms with Crippen LogP contribution in [0.1, 0.15) is 19.4 Å². The van der Waals surface area contributed by atoms with E-state index < -0.39 is 18.1 Å². The standard InChI is InChI=1S/C17H17NO4/c1-3-21-16(19)12-11-14-10-9-13-7-5-6-8-15(13)18(14)17(20)22-4-2/h5-10,14H,3-4H2,1-2H3. The minimum Gasteiger partial charge on any atom is -0.456 e. The molecular formula is C17H17NO4. The van der Waals surface area contributed by atoms with E-state index in [1.54, 1.807) is 19.9 Å². The summed E-state index contributed by atoms with van der Waals surface area (Å²) in [4.78, 5) is 25.0. The molecule has 5 nitrogen and oxygen atoms in total. The summed E-state index contributed by atoms with van der Waals surface area (Å²) in [5.74, 6) is 4.54. The molecule has 1 atom stereocenters. The Morgan fingerprint density at radius 3 is 2.64 bits per heavy atom. The number of hydrogen-bond donors (Lipinski definition) is 0. The van der Waals surface area contributed by atoms with Crippen LogP contribution in [0.5, 0.6) is 0 Å². The van der Waals surface area contributed by atoms with Gasteiger partial charge in [0.1, 0.15) is 6.04 Å². The van der Waals surface area contributed by atoms with Crippen LogP contribution in [-0.2, 0) is 14.3 Å². The summed E-state index contributed by atoms with van der Waals surface area (Å²) in [5, 5.41) is 0. The predicted octanol–water partition coefficient (Wildman–Crippen LogP) is 2.61. The van der Waals surface area contributed by atoms with E-state index in [1.807, 2.05) is 30.3 Å². The van der Waals surface area contributed by atoms with Crippen molar-refractivity contribution < 1.29 is 19.1 Å². The van der Waals surface area contributed by atoms with Crippen molar-refractivity contribution in [3.63, 3.8) is 0 Å². The van der Waals surface area contributed by atoms with Crippen LogP contribution in [0, 0.1) is 11.8 Å². The molecule has 114 valence electrons. The second-order valence-corrected chi connectivity index (χ2v) is 4.42. The zero-order chi connectivity index (χ0) is 15.9. The van der Waals surface area contributed by atoms with Crippen molar-refractivity contribution in [3.8, 4) is 11.8 Å². The van der Waals surface area contributed by atoms with Crippen molar-refractivity contribution in [2.24, 2.45) is 0 Å². The maximum atomic E-state index is 12.2. The number of anilines is 1. The average Bonchev–Trinajstić information content (AvgIpc) is 2.52. The minimum atomic E-state index is -0.612. The molecule has 0 spiro atoms. The quantitative estimate of drug-likeness (QED) is 0.478. The van der Waals surface area contributed by atoms with Crippen LogP contribution in [0.15, 0.2) is 30.3 Å². The summed E-state index contributed by atoms with van der Waals surface area (Å²) >= 11 is 0. The molecule has 0 radical (unpaired) electrons. The Labute approximate surface area is 129 Å². The number of fused-ring (bicyclic) bond motifs is 1. The fraction of sp³-hybridized carbons (Fsp3) is 0.294. The maximum Gasteiger partial charge on any atom is 0.415 e. The van der Waals surface area contributed by atoms with Gasteiger partial charge in [0.25, 0.3) is 0 Å². The Morgan fingerprint density at radius 2 is 1.91 bits per heavy atom. The number of hydrogen-bond acceptors (Lipinski definition) is 4. The summed E-state index contributed by atoms with van der Waals surface area (Å²) in [6.45, 7) is 3.97. The molecule has 1 amide bonds. The highest BCUT2D eigenvalue weighted by Gasteiger charge is 2.28. The number of ether oxygens (including phenoxy) is 2. The zero-order valence-electron chi connectivity index (χ0n) is 12.5. The first-order chi connectivity index (χ1) is 10.7. The Balaban J connectivity index is 2.33. The van der Waals surface area contributed by atoms with E-state index in [0.29, 0.717) is 5.69 Å². The van der Waals surface area contributed by atoms with Gasteiger partial charge < -0.3 is 9.47 Å². The average molecular weight is 299 g/mol. The Bertz CT molecular complexity index is 654. The monoisotopic (exact) mass is 299 g/mol.